The first kappa shape index (κ1) is 74.6. The lowest BCUT2D eigenvalue weighted by atomic mass is 9.95. The molecule has 6 saturated heterocycles. The summed E-state index contributed by atoms with van der Waals surface area (Å²) >= 11 is 0. The number of carbonyl (C=O) groups excluding carboxylic acids is 4. The van der Waals surface area contributed by atoms with Crippen molar-refractivity contribution in [1.29, 1.82) is 0 Å². The van der Waals surface area contributed by atoms with E-state index in [2.05, 4.69) is 6.92 Å². The van der Waals surface area contributed by atoms with Gasteiger partial charge in [0.2, 0.25) is 0 Å². The zero-order chi connectivity index (χ0) is 66.1. The van der Waals surface area contributed by atoms with E-state index in [1.807, 2.05) is 6.92 Å². The van der Waals surface area contributed by atoms with Crippen LogP contribution in [0.1, 0.15) is 183 Å². The minimum atomic E-state index is -1.94. The van der Waals surface area contributed by atoms with Gasteiger partial charge >= 0.3 is 23.9 Å². The van der Waals surface area contributed by atoms with E-state index in [0.717, 1.165) is 70.3 Å². The highest BCUT2D eigenvalue weighted by molar-refractivity contribution is 5.87. The predicted molar refractivity (Wildman–Crippen MR) is 322 cm³/mol. The fourth-order valence-corrected chi connectivity index (χ4v) is 12.3. The minimum Gasteiger partial charge on any atom is -0.456 e. The predicted octanol–water partition coefficient (Wildman–Crippen LogP) is 5.25. The molecule has 2 bridgehead atoms. The van der Waals surface area contributed by atoms with Crippen LogP contribution in [0.25, 0.3) is 6.08 Å². The van der Waals surface area contributed by atoms with Crippen LogP contribution in [0.15, 0.2) is 36.4 Å². The van der Waals surface area contributed by atoms with Gasteiger partial charge in [0.25, 0.3) is 0 Å². The van der Waals surface area contributed by atoms with Crippen molar-refractivity contribution in [1.82, 2.24) is 0 Å². The van der Waals surface area contributed by atoms with Gasteiger partial charge in [0.1, 0.15) is 67.1 Å². The third-order valence-corrected chi connectivity index (χ3v) is 18.1. The number of rotatable bonds is 21. The lowest BCUT2D eigenvalue weighted by Crippen LogP contribution is -2.68. The van der Waals surface area contributed by atoms with Crippen LogP contribution < -0.4 is 0 Å². The Balaban J connectivity index is 1.25. The van der Waals surface area contributed by atoms with Gasteiger partial charge in [0.05, 0.1) is 42.5 Å². The van der Waals surface area contributed by atoms with Crippen LogP contribution in [-0.2, 0) is 85.5 Å². The molecule has 1 aromatic carbocycles. The highest BCUT2D eigenvalue weighted by Crippen LogP contribution is 2.40. The number of ether oxygens (including phenoxy) is 14. The quantitative estimate of drug-likeness (QED) is 0.0357. The molecular weight excluding hydrogens is 1190 g/mol. The molecule has 91 heavy (non-hydrogen) atoms. The number of unbranched alkanes of at least 4 members (excludes halogenated alkanes) is 4. The SMILES string of the molecule is CCCCCC(=O)O[C@H]1[C@H](O[C@@H]2[C@H]3OC(=O)CCCCCCCCC[C@H](CCCCC)O[C@@H]4O[C@H](C)[C@H](O)[C@H](O)[C@H]4O[C@H](O[C@H]2C)[C@@H]3O)O[C@@H](C)[C@H](O[C@@H]2O[C@@H](C)[C@H](OC(=O)[C@@H](C)CC)[C@@H](OC(=O)/C=C/c3ccccc3)[C@H]2O)[C@H]1O[C@@H]1O[C@@H](C)[C@H](O)[C@@H](O)[C@H]1O. The number of esters is 4. The van der Waals surface area contributed by atoms with E-state index in [0.29, 0.717) is 44.1 Å². The summed E-state index contributed by atoms with van der Waals surface area (Å²) in [7, 11) is 0. The highest BCUT2D eigenvalue weighted by Gasteiger charge is 2.59. The maximum Gasteiger partial charge on any atom is 0.331 e. The molecule has 0 aliphatic carbocycles. The number of hydrogen-bond acceptors (Lipinski definition) is 25. The van der Waals surface area contributed by atoms with E-state index < -0.39 is 183 Å². The Morgan fingerprint density at radius 3 is 1.81 bits per heavy atom. The molecule has 25 heteroatoms. The maximum absolute atomic E-state index is 14.3. The van der Waals surface area contributed by atoms with E-state index in [9.17, 15) is 54.9 Å². The number of aliphatic hydroxyl groups is 7. The van der Waals surface area contributed by atoms with E-state index >= 15 is 0 Å². The normalized spacial score (nSPS) is 40.3. The van der Waals surface area contributed by atoms with Crippen LogP contribution in [-0.4, -0.2) is 219 Å². The topological polar surface area (TPSA) is 339 Å². The van der Waals surface area contributed by atoms with Crippen molar-refractivity contribution in [2.24, 2.45) is 5.92 Å². The van der Waals surface area contributed by atoms with Crippen LogP contribution in [0, 0.1) is 5.92 Å². The van der Waals surface area contributed by atoms with Crippen LogP contribution in [0.5, 0.6) is 0 Å². The molecule has 1 aromatic rings. The Morgan fingerprint density at radius 2 is 1.11 bits per heavy atom. The second-order valence-corrected chi connectivity index (χ2v) is 25.4. The van der Waals surface area contributed by atoms with Crippen molar-refractivity contribution in [3.63, 3.8) is 0 Å². The first-order valence-electron chi connectivity index (χ1n) is 33.4. The summed E-state index contributed by atoms with van der Waals surface area (Å²) < 4.78 is 89.1. The molecule has 0 radical (unpaired) electrons. The molecule has 518 valence electrons. The molecule has 0 saturated carbocycles. The van der Waals surface area contributed by atoms with Gasteiger partial charge in [-0.1, -0.05) is 129 Å². The second-order valence-electron chi connectivity index (χ2n) is 25.4. The van der Waals surface area contributed by atoms with Gasteiger partial charge in [0.15, 0.2) is 55.9 Å². The van der Waals surface area contributed by atoms with Crippen molar-refractivity contribution in [2.45, 2.75) is 338 Å². The lowest BCUT2D eigenvalue weighted by Gasteiger charge is -2.51. The molecule has 0 aromatic heterocycles. The molecular formula is C66H104O25. The monoisotopic (exact) mass is 1300 g/mol. The molecule has 6 fully saturated rings. The van der Waals surface area contributed by atoms with Crippen molar-refractivity contribution in [2.75, 3.05) is 0 Å². The van der Waals surface area contributed by atoms with Crippen LogP contribution in [0.2, 0.25) is 0 Å². The molecule has 6 aliphatic heterocycles. The first-order chi connectivity index (χ1) is 43.5. The molecule has 0 spiro atoms. The van der Waals surface area contributed by atoms with Crippen molar-refractivity contribution in [3.05, 3.63) is 42.0 Å². The minimum absolute atomic E-state index is 0.0446. The smallest absolute Gasteiger partial charge is 0.331 e. The Labute approximate surface area is 534 Å². The fourth-order valence-electron chi connectivity index (χ4n) is 12.3. The van der Waals surface area contributed by atoms with E-state index in [1.165, 1.54) is 26.8 Å². The summed E-state index contributed by atoms with van der Waals surface area (Å²) in [5.41, 5.74) is 0.663. The van der Waals surface area contributed by atoms with Gasteiger partial charge in [-0.25, -0.2) is 4.79 Å². The van der Waals surface area contributed by atoms with Gasteiger partial charge in [-0.15, -0.1) is 0 Å². The maximum atomic E-state index is 14.3. The molecule has 0 amide bonds. The summed E-state index contributed by atoms with van der Waals surface area (Å²) in [4.78, 5) is 55.4. The molecule has 6 aliphatic rings. The number of carbonyl (C=O) groups is 4. The van der Waals surface area contributed by atoms with E-state index in [4.69, 9.17) is 66.3 Å². The standard InChI is InChI=1S/C66H104O25/c1-10-13-21-29-42-30-25-18-16-15-17-19-26-32-43(67)84-57-52(76)64(90-58-49(73)47(71)37(6)79-65(58)83-42)81-39(8)54(57)89-66-60(86-44(68)31-22-14-11-2)59(91-62-50(74)48(72)46(70)36(5)78-62)55(40(9)82-66)88-63-51(75)56(53(38(7)80-63)87-61(77)35(4)12-3)85-45(69)34-33-41-27-23-20-24-28-41/h20,23-24,27-28,33-40,42,46-60,62-66,70-76H,10-19,21-22,25-26,29-32H2,1-9H3/b34-33+/t35-,36-,37+,38-,39-,40-,42-,46-,47-,48+,49-,50+,51+,52+,53-,54-,55-,56-,57-,58+,59+,60+,62-,63-,64-,65-,66-/m0/s1. The van der Waals surface area contributed by atoms with Crippen LogP contribution in [0.3, 0.4) is 0 Å². The molecule has 6 heterocycles. The molecule has 7 N–H and O–H groups in total. The molecule has 27 atom stereocenters. The number of hydrogen-bond donors (Lipinski definition) is 7. The van der Waals surface area contributed by atoms with Gasteiger partial charge < -0.3 is 102 Å². The third kappa shape index (κ3) is 20.4. The van der Waals surface area contributed by atoms with Crippen LogP contribution in [0.4, 0.5) is 0 Å². The van der Waals surface area contributed by atoms with Gasteiger partial charge in [-0.05, 0) is 78.4 Å². The highest BCUT2D eigenvalue weighted by atomic mass is 16.8. The number of fused-ring (bicyclic) bond motifs is 3. The Hall–Kier alpha value is -3.84. The molecule has 7 rings (SSSR count). The second kappa shape index (κ2) is 36.3. The zero-order valence-electron chi connectivity index (χ0n) is 54.3. The fraction of sp³-hybridized carbons (Fsp3) is 0.818. The largest absolute Gasteiger partial charge is 0.456 e. The van der Waals surface area contributed by atoms with Gasteiger partial charge in [-0.2, -0.15) is 0 Å². The average Bonchev–Trinajstić information content (AvgIpc) is 0.794. The third-order valence-electron chi connectivity index (χ3n) is 18.1. The Bertz CT molecular complexity index is 2380. The zero-order valence-corrected chi connectivity index (χ0v) is 54.3. The number of benzene rings is 1. The summed E-state index contributed by atoms with van der Waals surface area (Å²) in [6, 6.07) is 8.88. The Kier molecular flexibility index (Phi) is 29.8. The lowest BCUT2D eigenvalue weighted by molar-refractivity contribution is -0.399. The van der Waals surface area contributed by atoms with Gasteiger partial charge in [-0.3, -0.25) is 14.4 Å². The van der Waals surface area contributed by atoms with Crippen molar-refractivity contribution >= 4 is 30.0 Å². The van der Waals surface area contributed by atoms with Crippen molar-refractivity contribution in [3.8, 4) is 0 Å². The van der Waals surface area contributed by atoms with Gasteiger partial charge in [0, 0.05) is 18.9 Å². The van der Waals surface area contributed by atoms with E-state index in [-0.39, 0.29) is 18.9 Å². The summed E-state index contributed by atoms with van der Waals surface area (Å²) in [6.07, 6.45) is -24.5. The van der Waals surface area contributed by atoms with Crippen LogP contribution >= 0.6 is 0 Å². The average molecular weight is 1300 g/mol. The first-order valence-corrected chi connectivity index (χ1v) is 33.4. The summed E-state index contributed by atoms with van der Waals surface area (Å²) in [5, 5.41) is 81.3. The van der Waals surface area contributed by atoms with Crippen molar-refractivity contribution < 1.29 is 121 Å². The molecule has 25 nitrogen and oxygen atoms in total. The Morgan fingerprint density at radius 1 is 0.527 bits per heavy atom. The summed E-state index contributed by atoms with van der Waals surface area (Å²) in [6.45, 7) is 15.1. The van der Waals surface area contributed by atoms with E-state index in [1.54, 1.807) is 58.0 Å². The molecule has 0 unspecified atom stereocenters. The summed E-state index contributed by atoms with van der Waals surface area (Å²) in [5.74, 6) is -3.66. The number of aliphatic hydroxyl groups excluding tert-OH is 7.